The fourth-order valence-electron chi connectivity index (χ4n) is 1.82. The van der Waals surface area contributed by atoms with E-state index < -0.39 is 0 Å². The highest BCUT2D eigenvalue weighted by Crippen LogP contribution is 2.31. The van der Waals surface area contributed by atoms with E-state index in [4.69, 9.17) is 4.52 Å². The topological polar surface area (TPSA) is 55.1 Å². The van der Waals surface area contributed by atoms with Gasteiger partial charge in [-0.1, -0.05) is 35.5 Å². The molecule has 0 aliphatic carbocycles. The molecule has 1 amide bonds. The van der Waals surface area contributed by atoms with Crippen LogP contribution in [0.15, 0.2) is 40.9 Å². The number of aromatic nitrogens is 1. The number of aryl methyl sites for hydroxylation is 1. The number of hydrogen-bond acceptors (Lipinski definition) is 4. The number of amides is 1. The summed E-state index contributed by atoms with van der Waals surface area (Å²) >= 11 is 1.62. The zero-order chi connectivity index (χ0) is 14.5. The monoisotopic (exact) mass is 290 g/mol. The summed E-state index contributed by atoms with van der Waals surface area (Å²) in [6.07, 6.45) is 0. The third kappa shape index (κ3) is 3.87. The molecule has 0 aliphatic heterocycles. The lowest BCUT2D eigenvalue weighted by Gasteiger charge is -2.16. The van der Waals surface area contributed by atoms with Gasteiger partial charge in [0, 0.05) is 11.3 Å². The van der Waals surface area contributed by atoms with Gasteiger partial charge < -0.3 is 9.84 Å². The Bertz CT molecular complexity index is 568. The highest BCUT2D eigenvalue weighted by atomic mass is 32.2. The zero-order valence-electron chi connectivity index (χ0n) is 11.8. The first kappa shape index (κ1) is 14.7. The average Bonchev–Trinajstić information content (AvgIpc) is 2.85. The molecule has 106 valence electrons. The number of hydrogen-bond donors (Lipinski definition) is 1. The van der Waals surface area contributed by atoms with Crippen LogP contribution in [0.2, 0.25) is 0 Å². The number of anilines is 1. The molecule has 0 spiro atoms. The maximum atomic E-state index is 12.1. The van der Waals surface area contributed by atoms with Crippen molar-refractivity contribution in [3.63, 3.8) is 0 Å². The van der Waals surface area contributed by atoms with E-state index in [1.54, 1.807) is 24.8 Å². The minimum absolute atomic E-state index is 0.0638. The van der Waals surface area contributed by atoms with Gasteiger partial charge in [0.25, 0.3) is 0 Å². The van der Waals surface area contributed by atoms with Crippen molar-refractivity contribution >= 4 is 23.5 Å². The molecule has 1 N–H and O–H groups in total. The molecule has 0 saturated carbocycles. The average molecular weight is 290 g/mol. The van der Waals surface area contributed by atoms with Crippen molar-refractivity contribution in [3.05, 3.63) is 47.7 Å². The summed E-state index contributed by atoms with van der Waals surface area (Å²) in [7, 11) is 0. The molecular formula is C15H18N2O2S. The number of benzene rings is 1. The van der Waals surface area contributed by atoms with Crippen LogP contribution in [0.25, 0.3) is 0 Å². The summed E-state index contributed by atoms with van der Waals surface area (Å²) in [6.45, 7) is 5.79. The molecular weight excluding hydrogens is 272 g/mol. The van der Waals surface area contributed by atoms with E-state index in [1.165, 1.54) is 5.56 Å². The van der Waals surface area contributed by atoms with Crippen LogP contribution in [-0.4, -0.2) is 16.3 Å². The van der Waals surface area contributed by atoms with Crippen molar-refractivity contribution in [2.24, 2.45) is 0 Å². The van der Waals surface area contributed by atoms with Crippen LogP contribution < -0.4 is 5.32 Å². The summed E-state index contributed by atoms with van der Waals surface area (Å²) in [5.74, 6) is 1.08. The Morgan fingerprint density at radius 3 is 2.60 bits per heavy atom. The fraction of sp³-hybridized carbons (Fsp3) is 0.333. The Morgan fingerprint density at radius 1 is 1.30 bits per heavy atom. The molecule has 0 aliphatic rings. The first-order valence-electron chi connectivity index (χ1n) is 6.51. The van der Waals surface area contributed by atoms with Crippen molar-refractivity contribution in [3.8, 4) is 0 Å². The van der Waals surface area contributed by atoms with E-state index in [0.29, 0.717) is 11.6 Å². The van der Waals surface area contributed by atoms with Crippen LogP contribution in [0.3, 0.4) is 0 Å². The number of carbonyl (C=O) groups excluding carboxylic acids is 1. The lowest BCUT2D eigenvalue weighted by atomic mass is 10.2. The number of thioether (sulfide) groups is 1. The predicted molar refractivity (Wildman–Crippen MR) is 81.8 cm³/mol. The maximum absolute atomic E-state index is 12.1. The van der Waals surface area contributed by atoms with Gasteiger partial charge in [-0.05, 0) is 26.3 Å². The fourth-order valence-corrected chi connectivity index (χ4v) is 2.93. The Balaban J connectivity index is 1.91. The van der Waals surface area contributed by atoms with Crippen LogP contribution in [0.5, 0.6) is 0 Å². The van der Waals surface area contributed by atoms with Crippen LogP contribution in [0.1, 0.15) is 30.4 Å². The molecule has 4 nitrogen and oxygen atoms in total. The van der Waals surface area contributed by atoms with Crippen molar-refractivity contribution in [1.29, 1.82) is 0 Å². The predicted octanol–water partition coefficient (Wildman–Crippen LogP) is 3.80. The molecule has 0 radical (unpaired) electrons. The quantitative estimate of drug-likeness (QED) is 0.910. The van der Waals surface area contributed by atoms with Crippen molar-refractivity contribution in [2.75, 3.05) is 5.32 Å². The smallest absolute Gasteiger partial charge is 0.238 e. The van der Waals surface area contributed by atoms with Gasteiger partial charge in [-0.2, -0.15) is 0 Å². The third-order valence-electron chi connectivity index (χ3n) is 2.93. The number of nitrogens with zero attached hydrogens (tertiary/aromatic N) is 1. The van der Waals surface area contributed by atoms with Crippen LogP contribution in [0.4, 0.5) is 5.82 Å². The lowest BCUT2D eigenvalue weighted by Crippen LogP contribution is -2.23. The molecule has 2 atom stereocenters. The molecule has 1 aromatic heterocycles. The lowest BCUT2D eigenvalue weighted by molar-refractivity contribution is -0.115. The first-order valence-corrected chi connectivity index (χ1v) is 7.45. The maximum Gasteiger partial charge on any atom is 0.238 e. The summed E-state index contributed by atoms with van der Waals surface area (Å²) in [6, 6.07) is 11.9. The van der Waals surface area contributed by atoms with Gasteiger partial charge in [0.05, 0.1) is 5.25 Å². The molecule has 0 bridgehead atoms. The molecule has 20 heavy (non-hydrogen) atoms. The van der Waals surface area contributed by atoms with Gasteiger partial charge in [-0.25, -0.2) is 0 Å². The minimum Gasteiger partial charge on any atom is -0.360 e. The Morgan fingerprint density at radius 2 is 2.00 bits per heavy atom. The van der Waals surface area contributed by atoms with E-state index in [0.717, 1.165) is 0 Å². The number of rotatable bonds is 5. The summed E-state index contributed by atoms with van der Waals surface area (Å²) < 4.78 is 4.92. The van der Waals surface area contributed by atoms with E-state index in [1.807, 2.05) is 25.1 Å². The Labute approximate surface area is 122 Å². The highest BCUT2D eigenvalue weighted by Gasteiger charge is 2.18. The van der Waals surface area contributed by atoms with E-state index in [-0.39, 0.29) is 16.4 Å². The van der Waals surface area contributed by atoms with Gasteiger partial charge in [0.2, 0.25) is 5.91 Å². The van der Waals surface area contributed by atoms with Gasteiger partial charge in [-0.3, -0.25) is 4.79 Å². The summed E-state index contributed by atoms with van der Waals surface area (Å²) in [4.78, 5) is 12.1. The largest absolute Gasteiger partial charge is 0.360 e. The van der Waals surface area contributed by atoms with Crippen molar-refractivity contribution in [2.45, 2.75) is 31.3 Å². The first-order chi connectivity index (χ1) is 9.56. The van der Waals surface area contributed by atoms with Crippen molar-refractivity contribution < 1.29 is 9.32 Å². The number of carbonyl (C=O) groups is 1. The summed E-state index contributed by atoms with van der Waals surface area (Å²) in [5.41, 5.74) is 1.22. The molecule has 2 aromatic rings. The van der Waals surface area contributed by atoms with Crippen LogP contribution >= 0.6 is 11.8 Å². The second kappa shape index (κ2) is 6.61. The SMILES string of the molecule is Cc1cc(NC(=O)C(C)SC(C)c2ccccc2)no1. The second-order valence-electron chi connectivity index (χ2n) is 4.64. The minimum atomic E-state index is -0.165. The molecule has 2 rings (SSSR count). The van der Waals surface area contributed by atoms with Crippen molar-refractivity contribution in [1.82, 2.24) is 5.16 Å². The van der Waals surface area contributed by atoms with E-state index >= 15 is 0 Å². The van der Waals surface area contributed by atoms with Crippen LogP contribution in [0, 0.1) is 6.92 Å². The third-order valence-corrected chi connectivity index (χ3v) is 4.23. The molecule has 2 unspecified atom stereocenters. The van der Waals surface area contributed by atoms with Gasteiger partial charge in [0.1, 0.15) is 5.76 Å². The van der Waals surface area contributed by atoms with Gasteiger partial charge in [0.15, 0.2) is 5.82 Å². The van der Waals surface area contributed by atoms with E-state index in [2.05, 4.69) is 29.5 Å². The number of nitrogens with one attached hydrogen (secondary N) is 1. The standard InChI is InChI=1S/C15H18N2O2S/c1-10-9-14(17-19-10)16-15(18)12(3)20-11(2)13-7-5-4-6-8-13/h4-9,11-12H,1-3H3,(H,16,17,18). The molecule has 5 heteroatoms. The normalized spacial score (nSPS) is 13.8. The highest BCUT2D eigenvalue weighted by molar-refractivity contribution is 8.00. The molecule has 0 saturated heterocycles. The molecule has 0 fully saturated rings. The Kier molecular flexibility index (Phi) is 4.84. The molecule has 1 aromatic carbocycles. The second-order valence-corrected chi connectivity index (χ2v) is 6.33. The van der Waals surface area contributed by atoms with Gasteiger partial charge >= 0.3 is 0 Å². The molecule has 1 heterocycles. The Hall–Kier alpha value is -1.75. The van der Waals surface area contributed by atoms with E-state index in [9.17, 15) is 4.79 Å². The zero-order valence-corrected chi connectivity index (χ0v) is 12.6. The summed E-state index contributed by atoms with van der Waals surface area (Å²) in [5, 5.41) is 6.61. The van der Waals surface area contributed by atoms with Crippen LogP contribution in [-0.2, 0) is 4.79 Å². The van der Waals surface area contributed by atoms with Gasteiger partial charge in [-0.15, -0.1) is 11.8 Å².